The molecule has 0 bridgehead atoms. The van der Waals surface area contributed by atoms with Crippen LogP contribution in [0.2, 0.25) is 0 Å². The van der Waals surface area contributed by atoms with Gasteiger partial charge in [0.25, 0.3) is 0 Å². The largest absolute Gasteiger partial charge is 0.494 e. The number of nitrogens with one attached hydrogen (secondary N) is 2. The molecule has 0 heterocycles. The lowest BCUT2D eigenvalue weighted by molar-refractivity contribution is -0.119. The highest BCUT2D eigenvalue weighted by Gasteiger charge is 2.03. The van der Waals surface area contributed by atoms with Crippen LogP contribution in [0.5, 0.6) is 5.75 Å². The zero-order valence-electron chi connectivity index (χ0n) is 12.8. The van der Waals surface area contributed by atoms with Gasteiger partial charge in [0.05, 0.1) is 6.61 Å². The van der Waals surface area contributed by atoms with Crippen LogP contribution in [0.3, 0.4) is 0 Å². The molecule has 0 radical (unpaired) electrons. The summed E-state index contributed by atoms with van der Waals surface area (Å²) in [4.78, 5) is 11.2. The third-order valence-corrected chi connectivity index (χ3v) is 3.14. The van der Waals surface area contributed by atoms with E-state index in [-0.39, 0.29) is 5.91 Å². The Morgan fingerprint density at radius 1 is 1.24 bits per heavy atom. The molecule has 1 aromatic carbocycles. The van der Waals surface area contributed by atoms with Gasteiger partial charge in [0.15, 0.2) is 5.11 Å². The predicted octanol–water partition coefficient (Wildman–Crippen LogP) is 3.87. The van der Waals surface area contributed by atoms with Crippen LogP contribution in [0.4, 0.5) is 5.69 Å². The molecule has 2 N–H and O–H groups in total. The minimum atomic E-state index is -0.101. The van der Waals surface area contributed by atoms with Crippen LogP contribution >= 0.6 is 12.2 Å². The number of ether oxygens (including phenoxy) is 1. The van der Waals surface area contributed by atoms with E-state index in [2.05, 4.69) is 17.6 Å². The van der Waals surface area contributed by atoms with Crippen molar-refractivity contribution >= 4 is 28.9 Å². The van der Waals surface area contributed by atoms with Crippen LogP contribution in [0.1, 0.15) is 46.0 Å². The first-order valence-electron chi connectivity index (χ1n) is 7.49. The fourth-order valence-corrected chi connectivity index (χ4v) is 1.99. The highest BCUT2D eigenvalue weighted by atomic mass is 32.1. The first-order chi connectivity index (χ1) is 10.2. The standard InChI is InChI=1S/C16H24N2O2S/c1-3-5-6-7-11-20-14-10-8-9-13(12-14)17-16(21)18-15(19)4-2/h8-10,12H,3-7,11H2,1-2H3,(H2,17,18,19,21). The van der Waals surface area contributed by atoms with E-state index in [0.717, 1.165) is 24.5 Å². The van der Waals surface area contributed by atoms with Gasteiger partial charge in [-0.15, -0.1) is 0 Å². The van der Waals surface area contributed by atoms with Crippen molar-refractivity contribution in [2.75, 3.05) is 11.9 Å². The molecule has 5 heteroatoms. The van der Waals surface area contributed by atoms with Gasteiger partial charge in [0.1, 0.15) is 5.75 Å². The summed E-state index contributed by atoms with van der Waals surface area (Å²) < 4.78 is 5.71. The van der Waals surface area contributed by atoms with Gasteiger partial charge in [-0.2, -0.15) is 0 Å². The van der Waals surface area contributed by atoms with E-state index in [4.69, 9.17) is 17.0 Å². The number of unbranched alkanes of at least 4 members (excludes halogenated alkanes) is 3. The number of anilines is 1. The van der Waals surface area contributed by atoms with Crippen LogP contribution < -0.4 is 15.4 Å². The predicted molar refractivity (Wildman–Crippen MR) is 90.7 cm³/mol. The number of hydrogen-bond acceptors (Lipinski definition) is 3. The number of carbonyl (C=O) groups is 1. The van der Waals surface area contributed by atoms with E-state index in [1.807, 2.05) is 24.3 Å². The Morgan fingerprint density at radius 3 is 2.76 bits per heavy atom. The Hall–Kier alpha value is -1.62. The van der Waals surface area contributed by atoms with Gasteiger partial charge in [0, 0.05) is 18.2 Å². The highest BCUT2D eigenvalue weighted by Crippen LogP contribution is 2.17. The van der Waals surface area contributed by atoms with Gasteiger partial charge >= 0.3 is 0 Å². The van der Waals surface area contributed by atoms with Crippen LogP contribution in [-0.2, 0) is 4.79 Å². The Balaban J connectivity index is 2.41. The van der Waals surface area contributed by atoms with Crippen LogP contribution in [0, 0.1) is 0 Å². The number of thiocarbonyl (C=S) groups is 1. The lowest BCUT2D eigenvalue weighted by atomic mass is 10.2. The van der Waals surface area contributed by atoms with E-state index in [9.17, 15) is 4.79 Å². The van der Waals surface area contributed by atoms with E-state index in [1.54, 1.807) is 6.92 Å². The van der Waals surface area contributed by atoms with Crippen molar-refractivity contribution < 1.29 is 9.53 Å². The highest BCUT2D eigenvalue weighted by molar-refractivity contribution is 7.80. The Labute approximate surface area is 132 Å². The SMILES string of the molecule is CCCCCCOc1cccc(NC(=S)NC(=O)CC)c1. The first kappa shape index (κ1) is 17.4. The summed E-state index contributed by atoms with van der Waals surface area (Å²) >= 11 is 5.07. The summed E-state index contributed by atoms with van der Waals surface area (Å²) in [6, 6.07) is 7.57. The lowest BCUT2D eigenvalue weighted by Crippen LogP contribution is -2.33. The fourth-order valence-electron chi connectivity index (χ4n) is 1.76. The van der Waals surface area contributed by atoms with E-state index >= 15 is 0 Å². The lowest BCUT2D eigenvalue weighted by Gasteiger charge is -2.11. The molecule has 0 saturated heterocycles. The van der Waals surface area contributed by atoms with Gasteiger partial charge < -0.3 is 15.4 Å². The second-order valence-electron chi connectivity index (χ2n) is 4.79. The van der Waals surface area contributed by atoms with Crippen molar-refractivity contribution in [2.24, 2.45) is 0 Å². The molecule has 0 fully saturated rings. The molecule has 0 spiro atoms. The van der Waals surface area contributed by atoms with Crippen molar-refractivity contribution in [1.82, 2.24) is 5.32 Å². The van der Waals surface area contributed by atoms with Crippen molar-refractivity contribution in [3.8, 4) is 5.75 Å². The maximum Gasteiger partial charge on any atom is 0.225 e. The van der Waals surface area contributed by atoms with Gasteiger partial charge in [-0.3, -0.25) is 4.79 Å². The summed E-state index contributed by atoms with van der Waals surface area (Å²) in [5, 5.41) is 5.89. The van der Waals surface area contributed by atoms with Crippen molar-refractivity contribution in [3.63, 3.8) is 0 Å². The molecule has 0 atom stereocenters. The summed E-state index contributed by atoms with van der Waals surface area (Å²) in [6.07, 6.45) is 5.14. The molecule has 1 rings (SSSR count). The summed E-state index contributed by atoms with van der Waals surface area (Å²) in [5.74, 6) is 0.706. The van der Waals surface area contributed by atoms with E-state index in [1.165, 1.54) is 19.3 Å². The topological polar surface area (TPSA) is 50.4 Å². The van der Waals surface area contributed by atoms with E-state index in [0.29, 0.717) is 11.5 Å². The number of carbonyl (C=O) groups excluding carboxylic acids is 1. The molecule has 0 aliphatic rings. The van der Waals surface area contributed by atoms with Gasteiger partial charge in [-0.1, -0.05) is 39.2 Å². The fraction of sp³-hybridized carbons (Fsp3) is 0.500. The zero-order chi connectivity index (χ0) is 15.5. The molecule has 1 aromatic rings. The van der Waals surface area contributed by atoms with Crippen LogP contribution in [-0.4, -0.2) is 17.6 Å². The molecular formula is C16H24N2O2S. The third kappa shape index (κ3) is 7.66. The second kappa shape index (κ2) is 10.2. The molecule has 0 aliphatic heterocycles. The van der Waals surface area contributed by atoms with Crippen molar-refractivity contribution in [1.29, 1.82) is 0 Å². The minimum absolute atomic E-state index is 0.101. The van der Waals surface area contributed by atoms with E-state index < -0.39 is 0 Å². The zero-order valence-corrected chi connectivity index (χ0v) is 13.6. The molecular weight excluding hydrogens is 284 g/mol. The maximum atomic E-state index is 11.2. The van der Waals surface area contributed by atoms with Crippen molar-refractivity contribution in [3.05, 3.63) is 24.3 Å². The Morgan fingerprint density at radius 2 is 2.05 bits per heavy atom. The number of hydrogen-bond donors (Lipinski definition) is 2. The molecule has 4 nitrogen and oxygen atoms in total. The number of rotatable bonds is 8. The molecule has 116 valence electrons. The van der Waals surface area contributed by atoms with Gasteiger partial charge in [-0.05, 0) is 30.8 Å². The number of amides is 1. The number of benzene rings is 1. The smallest absolute Gasteiger partial charge is 0.225 e. The average Bonchev–Trinajstić information content (AvgIpc) is 2.47. The monoisotopic (exact) mass is 308 g/mol. The molecule has 0 aliphatic carbocycles. The summed E-state index contributed by atoms with van der Waals surface area (Å²) in [5.41, 5.74) is 0.808. The average molecular weight is 308 g/mol. The van der Waals surface area contributed by atoms with Crippen LogP contribution in [0.25, 0.3) is 0 Å². The molecule has 0 unspecified atom stereocenters. The normalized spacial score (nSPS) is 10.0. The maximum absolute atomic E-state index is 11.2. The van der Waals surface area contributed by atoms with Crippen LogP contribution in [0.15, 0.2) is 24.3 Å². The second-order valence-corrected chi connectivity index (χ2v) is 5.20. The first-order valence-corrected chi connectivity index (χ1v) is 7.90. The Bertz CT molecular complexity index is 463. The minimum Gasteiger partial charge on any atom is -0.494 e. The summed E-state index contributed by atoms with van der Waals surface area (Å²) in [7, 11) is 0. The molecule has 0 aromatic heterocycles. The van der Waals surface area contributed by atoms with Gasteiger partial charge in [-0.25, -0.2) is 0 Å². The molecule has 0 saturated carbocycles. The van der Waals surface area contributed by atoms with Crippen molar-refractivity contribution in [2.45, 2.75) is 46.0 Å². The molecule has 21 heavy (non-hydrogen) atoms. The Kier molecular flexibility index (Phi) is 8.43. The quantitative estimate of drug-likeness (QED) is 0.565. The summed E-state index contributed by atoms with van der Waals surface area (Å²) in [6.45, 7) is 4.70. The third-order valence-electron chi connectivity index (χ3n) is 2.93. The van der Waals surface area contributed by atoms with Gasteiger partial charge in [0.2, 0.25) is 5.91 Å². The molecule has 1 amide bonds.